The molecule has 5 heteroatoms. The van der Waals surface area contributed by atoms with E-state index in [0.29, 0.717) is 5.92 Å². The number of rotatable bonds is 9. The molecule has 4 nitrogen and oxygen atoms in total. The molecule has 0 unspecified atom stereocenters. The first-order valence-electron chi connectivity index (χ1n) is 12.6. The van der Waals surface area contributed by atoms with Gasteiger partial charge in [0.15, 0.2) is 0 Å². The van der Waals surface area contributed by atoms with Crippen LogP contribution < -0.4 is 14.4 Å². The smallest absolute Gasteiger partial charge is 0.142 e. The summed E-state index contributed by atoms with van der Waals surface area (Å²) in [6.45, 7) is 11.3. The van der Waals surface area contributed by atoms with Crippen LogP contribution in [0.3, 0.4) is 0 Å². The Morgan fingerprint density at radius 2 is 1.60 bits per heavy atom. The first-order valence-corrected chi connectivity index (χ1v) is 12.6. The van der Waals surface area contributed by atoms with E-state index in [4.69, 9.17) is 9.47 Å². The van der Waals surface area contributed by atoms with Crippen LogP contribution in [0.4, 0.5) is 10.1 Å². The highest BCUT2D eigenvalue weighted by Crippen LogP contribution is 2.31. The lowest BCUT2D eigenvalue weighted by Gasteiger charge is -2.37. The van der Waals surface area contributed by atoms with Gasteiger partial charge in [0.2, 0.25) is 0 Å². The van der Waals surface area contributed by atoms with Crippen molar-refractivity contribution < 1.29 is 13.9 Å². The predicted octanol–water partition coefficient (Wildman–Crippen LogP) is 6.60. The zero-order valence-electron chi connectivity index (χ0n) is 21.3. The van der Waals surface area contributed by atoms with E-state index in [9.17, 15) is 4.39 Å². The van der Waals surface area contributed by atoms with Crippen molar-refractivity contribution in [3.8, 4) is 11.5 Å². The van der Waals surface area contributed by atoms with Gasteiger partial charge in [-0.3, -0.25) is 4.90 Å². The molecule has 0 radical (unpaired) electrons. The molecule has 1 heterocycles. The molecule has 0 bridgehead atoms. The van der Waals surface area contributed by atoms with Crippen molar-refractivity contribution in [1.29, 1.82) is 0 Å². The standard InChI is InChI=1S/C30H37FN2O2/c1-22(2)25-19-23(3)20-27(21-25)35-29(24-9-11-26(31)12-10-24)13-14-32-15-17-33(18-16-32)28-7-5-6-8-30(28)34-4/h5-12,19-22,29H,13-18H2,1-4H3/t29-/m0/s1. The number of anilines is 1. The molecule has 0 saturated carbocycles. The molecular formula is C30H37FN2O2. The van der Waals surface area contributed by atoms with Crippen LogP contribution in [0.15, 0.2) is 66.7 Å². The van der Waals surface area contributed by atoms with Crippen molar-refractivity contribution in [3.63, 3.8) is 0 Å². The summed E-state index contributed by atoms with van der Waals surface area (Å²) in [6.07, 6.45) is 0.704. The second kappa shape index (κ2) is 11.6. The first kappa shape index (κ1) is 25.1. The fourth-order valence-corrected chi connectivity index (χ4v) is 4.72. The summed E-state index contributed by atoms with van der Waals surface area (Å²) in [6, 6.07) is 21.4. The number of benzene rings is 3. The normalized spacial score (nSPS) is 15.3. The fourth-order valence-electron chi connectivity index (χ4n) is 4.72. The SMILES string of the molecule is COc1ccccc1N1CCN(CC[C@H](Oc2cc(C)cc(C(C)C)c2)c2ccc(F)cc2)CC1. The topological polar surface area (TPSA) is 24.9 Å². The second-order valence-corrected chi connectivity index (χ2v) is 9.68. The monoisotopic (exact) mass is 476 g/mol. The Balaban J connectivity index is 1.42. The van der Waals surface area contributed by atoms with Crippen molar-refractivity contribution in [1.82, 2.24) is 4.90 Å². The molecule has 1 atom stereocenters. The number of ether oxygens (including phenoxy) is 2. The minimum absolute atomic E-state index is 0.135. The number of methoxy groups -OCH3 is 1. The van der Waals surface area contributed by atoms with E-state index in [-0.39, 0.29) is 11.9 Å². The molecule has 3 aromatic carbocycles. The number of halogens is 1. The fraction of sp³-hybridized carbons (Fsp3) is 0.400. The number of hydrogen-bond acceptors (Lipinski definition) is 4. The molecule has 35 heavy (non-hydrogen) atoms. The van der Waals surface area contributed by atoms with E-state index in [1.807, 2.05) is 24.3 Å². The first-order chi connectivity index (χ1) is 16.9. The van der Waals surface area contributed by atoms with E-state index in [1.165, 1.54) is 23.3 Å². The molecule has 0 amide bonds. The van der Waals surface area contributed by atoms with Gasteiger partial charge in [-0.1, -0.05) is 44.2 Å². The van der Waals surface area contributed by atoms with E-state index in [1.54, 1.807) is 7.11 Å². The van der Waals surface area contributed by atoms with Gasteiger partial charge in [0, 0.05) is 39.1 Å². The maximum atomic E-state index is 13.6. The number of aryl methyl sites for hydroxylation is 1. The number of hydrogen-bond donors (Lipinski definition) is 0. The summed E-state index contributed by atoms with van der Waals surface area (Å²) in [5.74, 6) is 2.01. The summed E-state index contributed by atoms with van der Waals surface area (Å²) in [7, 11) is 1.73. The van der Waals surface area contributed by atoms with Gasteiger partial charge in [0.25, 0.3) is 0 Å². The van der Waals surface area contributed by atoms with Crippen molar-refractivity contribution in [3.05, 3.63) is 89.2 Å². The molecule has 3 aromatic rings. The van der Waals surface area contributed by atoms with Crippen LogP contribution in [-0.4, -0.2) is 44.7 Å². The van der Waals surface area contributed by atoms with Gasteiger partial charge in [-0.05, 0) is 65.9 Å². The van der Waals surface area contributed by atoms with Crippen LogP contribution in [0.5, 0.6) is 11.5 Å². The number of para-hydroxylation sites is 2. The zero-order chi connectivity index (χ0) is 24.8. The quantitative estimate of drug-likeness (QED) is 0.347. The molecule has 0 aromatic heterocycles. The van der Waals surface area contributed by atoms with Gasteiger partial charge in [0.1, 0.15) is 23.4 Å². The number of nitrogens with zero attached hydrogens (tertiary/aromatic N) is 2. The van der Waals surface area contributed by atoms with Crippen LogP contribution in [-0.2, 0) is 0 Å². The van der Waals surface area contributed by atoms with Gasteiger partial charge >= 0.3 is 0 Å². The second-order valence-electron chi connectivity index (χ2n) is 9.68. The van der Waals surface area contributed by atoms with Crippen molar-refractivity contribution >= 4 is 5.69 Å². The summed E-state index contributed by atoms with van der Waals surface area (Å²) < 4.78 is 25.7. The van der Waals surface area contributed by atoms with Crippen LogP contribution in [0.25, 0.3) is 0 Å². The Labute approximate surface area is 209 Å². The maximum absolute atomic E-state index is 13.6. The minimum atomic E-state index is -0.224. The third kappa shape index (κ3) is 6.55. The lowest BCUT2D eigenvalue weighted by Crippen LogP contribution is -2.47. The van der Waals surface area contributed by atoms with Crippen molar-refractivity contribution in [2.75, 3.05) is 44.7 Å². The molecule has 1 saturated heterocycles. The minimum Gasteiger partial charge on any atom is -0.495 e. The van der Waals surface area contributed by atoms with Gasteiger partial charge < -0.3 is 14.4 Å². The zero-order valence-corrected chi connectivity index (χ0v) is 21.3. The highest BCUT2D eigenvalue weighted by Gasteiger charge is 2.22. The third-order valence-corrected chi connectivity index (χ3v) is 6.77. The van der Waals surface area contributed by atoms with E-state index < -0.39 is 0 Å². The largest absolute Gasteiger partial charge is 0.495 e. The molecule has 186 valence electrons. The lowest BCUT2D eigenvalue weighted by molar-refractivity contribution is 0.160. The molecule has 1 aliphatic rings. The van der Waals surface area contributed by atoms with Crippen LogP contribution >= 0.6 is 0 Å². The Bertz CT molecular complexity index is 1090. The number of piperazine rings is 1. The Hall–Kier alpha value is -3.05. The van der Waals surface area contributed by atoms with Gasteiger partial charge in [-0.2, -0.15) is 0 Å². The van der Waals surface area contributed by atoms with Crippen LogP contribution in [0.2, 0.25) is 0 Å². The van der Waals surface area contributed by atoms with Gasteiger partial charge in [-0.25, -0.2) is 4.39 Å². The molecule has 0 spiro atoms. The highest BCUT2D eigenvalue weighted by atomic mass is 19.1. The summed E-state index contributed by atoms with van der Waals surface area (Å²) in [5.41, 5.74) is 4.62. The Morgan fingerprint density at radius 3 is 2.29 bits per heavy atom. The summed E-state index contributed by atoms with van der Waals surface area (Å²) >= 11 is 0. The Kier molecular flexibility index (Phi) is 8.29. The van der Waals surface area contributed by atoms with Crippen LogP contribution in [0.1, 0.15) is 49.0 Å². The lowest BCUT2D eigenvalue weighted by atomic mass is 10.0. The van der Waals surface area contributed by atoms with E-state index >= 15 is 0 Å². The molecule has 1 aliphatic heterocycles. The van der Waals surface area contributed by atoms with E-state index in [2.05, 4.69) is 60.9 Å². The van der Waals surface area contributed by atoms with Gasteiger partial charge in [-0.15, -0.1) is 0 Å². The summed E-state index contributed by atoms with van der Waals surface area (Å²) in [4.78, 5) is 4.88. The van der Waals surface area contributed by atoms with Crippen molar-refractivity contribution in [2.24, 2.45) is 0 Å². The maximum Gasteiger partial charge on any atom is 0.142 e. The molecular weight excluding hydrogens is 439 g/mol. The third-order valence-electron chi connectivity index (χ3n) is 6.77. The highest BCUT2D eigenvalue weighted by molar-refractivity contribution is 5.58. The molecule has 4 rings (SSSR count). The molecule has 0 N–H and O–H groups in total. The van der Waals surface area contributed by atoms with Crippen LogP contribution in [0, 0.1) is 12.7 Å². The molecule has 1 fully saturated rings. The summed E-state index contributed by atoms with van der Waals surface area (Å²) in [5, 5.41) is 0. The average Bonchev–Trinajstić information content (AvgIpc) is 2.87. The van der Waals surface area contributed by atoms with Gasteiger partial charge in [0.05, 0.1) is 12.8 Å². The van der Waals surface area contributed by atoms with E-state index in [0.717, 1.165) is 61.9 Å². The average molecular weight is 477 g/mol. The molecule has 0 aliphatic carbocycles. The Morgan fingerprint density at radius 1 is 0.886 bits per heavy atom. The van der Waals surface area contributed by atoms with Crippen molar-refractivity contribution in [2.45, 2.75) is 39.2 Å². The predicted molar refractivity (Wildman–Crippen MR) is 141 cm³/mol.